The Labute approximate surface area is 122 Å². The van der Waals surface area contributed by atoms with Gasteiger partial charge in [0.1, 0.15) is 0 Å². The zero-order chi connectivity index (χ0) is 15.2. The number of nitrogens with zero attached hydrogens (tertiary/aromatic N) is 1. The number of hydrogen-bond donors (Lipinski definition) is 1. The quantitative estimate of drug-likeness (QED) is 0.781. The molecule has 0 aromatic carbocycles. The molecule has 0 aromatic rings. The van der Waals surface area contributed by atoms with Crippen LogP contribution in [-0.2, 0) is 14.3 Å². The Kier molecular flexibility index (Phi) is 6.46. The number of carbonyl (C=O) groups is 2. The summed E-state index contributed by atoms with van der Waals surface area (Å²) in [4.78, 5) is 25.6. The molecule has 1 unspecified atom stereocenters. The third-order valence-electron chi connectivity index (χ3n) is 3.57. The Morgan fingerprint density at radius 1 is 1.30 bits per heavy atom. The molecule has 5 nitrogen and oxygen atoms in total. The Hall–Kier alpha value is -1.10. The molecule has 116 valence electrons. The topological polar surface area (TPSA) is 58.6 Å². The molecule has 0 spiro atoms. The van der Waals surface area contributed by atoms with Crippen LogP contribution in [0.2, 0.25) is 0 Å². The van der Waals surface area contributed by atoms with Crippen LogP contribution in [0.1, 0.15) is 52.9 Å². The van der Waals surface area contributed by atoms with Crippen molar-refractivity contribution in [2.24, 2.45) is 0 Å². The molecular formula is C15H28N2O3. The standard InChI is InChI=1S/C15H28N2O3/c1-15(2,3)16-9-8-13(18)17-10-6-5-7-12(17)11-14(19)20-4/h12,16H,5-11H2,1-4H3. The van der Waals surface area contributed by atoms with Crippen molar-refractivity contribution in [1.29, 1.82) is 0 Å². The molecule has 0 aromatic heterocycles. The van der Waals surface area contributed by atoms with Gasteiger partial charge < -0.3 is 15.0 Å². The van der Waals surface area contributed by atoms with Gasteiger partial charge >= 0.3 is 5.97 Å². The van der Waals surface area contributed by atoms with Gasteiger partial charge in [0.2, 0.25) is 5.91 Å². The van der Waals surface area contributed by atoms with Crippen LogP contribution in [0.4, 0.5) is 0 Å². The first-order chi connectivity index (χ1) is 9.33. The van der Waals surface area contributed by atoms with Crippen LogP contribution >= 0.6 is 0 Å². The van der Waals surface area contributed by atoms with Gasteiger partial charge in [-0.25, -0.2) is 0 Å². The minimum atomic E-state index is -0.234. The lowest BCUT2D eigenvalue weighted by molar-refractivity contribution is -0.144. The summed E-state index contributed by atoms with van der Waals surface area (Å²) in [5.74, 6) is -0.0992. The molecule has 1 amide bonds. The minimum absolute atomic E-state index is 0.0123. The molecule has 5 heteroatoms. The van der Waals surface area contributed by atoms with E-state index in [4.69, 9.17) is 4.74 Å². The third kappa shape index (κ3) is 5.90. The molecule has 1 heterocycles. The van der Waals surface area contributed by atoms with Crippen LogP contribution < -0.4 is 5.32 Å². The molecule has 1 aliphatic heterocycles. The van der Waals surface area contributed by atoms with Gasteiger partial charge in [-0.15, -0.1) is 0 Å². The number of methoxy groups -OCH3 is 1. The van der Waals surface area contributed by atoms with Crippen LogP contribution in [0, 0.1) is 0 Å². The van der Waals surface area contributed by atoms with Crippen molar-refractivity contribution in [1.82, 2.24) is 10.2 Å². The lowest BCUT2D eigenvalue weighted by Gasteiger charge is -2.35. The Balaban J connectivity index is 2.47. The Morgan fingerprint density at radius 2 is 2.00 bits per heavy atom. The lowest BCUT2D eigenvalue weighted by atomic mass is 9.99. The van der Waals surface area contributed by atoms with Crippen LogP contribution in [0.3, 0.4) is 0 Å². The molecule has 20 heavy (non-hydrogen) atoms. The summed E-state index contributed by atoms with van der Waals surface area (Å²) in [6.45, 7) is 7.68. The van der Waals surface area contributed by atoms with Crippen LogP contribution in [0.25, 0.3) is 0 Å². The highest BCUT2D eigenvalue weighted by Crippen LogP contribution is 2.21. The van der Waals surface area contributed by atoms with E-state index in [1.165, 1.54) is 7.11 Å². The van der Waals surface area contributed by atoms with E-state index in [0.717, 1.165) is 25.8 Å². The van der Waals surface area contributed by atoms with E-state index in [1.807, 2.05) is 4.90 Å². The summed E-state index contributed by atoms with van der Waals surface area (Å²) >= 11 is 0. The van der Waals surface area contributed by atoms with Gasteiger partial charge in [0.25, 0.3) is 0 Å². The predicted molar refractivity (Wildman–Crippen MR) is 78.4 cm³/mol. The summed E-state index contributed by atoms with van der Waals surface area (Å²) in [5, 5.41) is 3.32. The first-order valence-electron chi connectivity index (χ1n) is 7.45. The number of amides is 1. The fourth-order valence-corrected chi connectivity index (χ4v) is 2.50. The number of nitrogens with one attached hydrogen (secondary N) is 1. The monoisotopic (exact) mass is 284 g/mol. The number of rotatable bonds is 5. The molecule has 1 fully saturated rings. The van der Waals surface area contributed by atoms with Gasteiger partial charge in [-0.3, -0.25) is 9.59 Å². The highest BCUT2D eigenvalue weighted by Gasteiger charge is 2.28. The average molecular weight is 284 g/mol. The molecule has 0 saturated carbocycles. The second-order valence-electron chi connectivity index (χ2n) is 6.44. The largest absolute Gasteiger partial charge is 0.469 e. The van der Waals surface area contributed by atoms with Crippen molar-refractivity contribution in [3.05, 3.63) is 0 Å². The summed E-state index contributed by atoms with van der Waals surface area (Å²) in [7, 11) is 1.39. The van der Waals surface area contributed by atoms with Crippen molar-refractivity contribution in [3.8, 4) is 0 Å². The van der Waals surface area contributed by atoms with E-state index in [-0.39, 0.29) is 23.5 Å². The second kappa shape index (κ2) is 7.62. The molecule has 0 bridgehead atoms. The van der Waals surface area contributed by atoms with Gasteiger partial charge in [-0.2, -0.15) is 0 Å². The fourth-order valence-electron chi connectivity index (χ4n) is 2.50. The molecule has 1 atom stereocenters. The van der Waals surface area contributed by atoms with E-state index in [1.54, 1.807) is 0 Å². The number of piperidine rings is 1. The molecule has 1 N–H and O–H groups in total. The summed E-state index contributed by atoms with van der Waals surface area (Å²) < 4.78 is 4.72. The van der Waals surface area contributed by atoms with Gasteiger partial charge in [0.05, 0.1) is 13.5 Å². The lowest BCUT2D eigenvalue weighted by Crippen LogP contribution is -2.46. The third-order valence-corrected chi connectivity index (χ3v) is 3.57. The zero-order valence-corrected chi connectivity index (χ0v) is 13.2. The fraction of sp³-hybridized carbons (Fsp3) is 0.867. The number of esters is 1. The van der Waals surface area contributed by atoms with Gasteiger partial charge in [-0.05, 0) is 40.0 Å². The molecule has 0 aliphatic carbocycles. The van der Waals surface area contributed by atoms with E-state index >= 15 is 0 Å². The van der Waals surface area contributed by atoms with Crippen molar-refractivity contribution in [2.45, 2.75) is 64.5 Å². The van der Waals surface area contributed by atoms with Gasteiger partial charge in [0.15, 0.2) is 0 Å². The maximum Gasteiger partial charge on any atom is 0.307 e. The van der Waals surface area contributed by atoms with E-state index in [0.29, 0.717) is 19.4 Å². The molecule has 1 rings (SSSR count). The highest BCUT2D eigenvalue weighted by molar-refractivity contribution is 5.78. The van der Waals surface area contributed by atoms with E-state index in [9.17, 15) is 9.59 Å². The van der Waals surface area contributed by atoms with Crippen molar-refractivity contribution in [3.63, 3.8) is 0 Å². The highest BCUT2D eigenvalue weighted by atomic mass is 16.5. The van der Waals surface area contributed by atoms with Crippen LogP contribution in [-0.4, -0.2) is 48.6 Å². The Bertz CT molecular complexity index is 337. The zero-order valence-electron chi connectivity index (χ0n) is 13.2. The minimum Gasteiger partial charge on any atom is -0.469 e. The molecule has 1 aliphatic rings. The first-order valence-corrected chi connectivity index (χ1v) is 7.45. The maximum atomic E-state index is 12.3. The summed E-state index contributed by atoms with van der Waals surface area (Å²) in [6.07, 6.45) is 3.79. The van der Waals surface area contributed by atoms with Crippen molar-refractivity contribution < 1.29 is 14.3 Å². The van der Waals surface area contributed by atoms with Gasteiger partial charge in [-0.1, -0.05) is 0 Å². The van der Waals surface area contributed by atoms with Crippen molar-refractivity contribution in [2.75, 3.05) is 20.2 Å². The van der Waals surface area contributed by atoms with Crippen LogP contribution in [0.15, 0.2) is 0 Å². The Morgan fingerprint density at radius 3 is 2.60 bits per heavy atom. The molecular weight excluding hydrogens is 256 g/mol. The second-order valence-corrected chi connectivity index (χ2v) is 6.44. The number of ether oxygens (including phenoxy) is 1. The summed E-state index contributed by atoms with van der Waals surface area (Å²) in [6, 6.07) is 0.0123. The molecule has 1 saturated heterocycles. The number of carbonyl (C=O) groups excluding carboxylic acids is 2. The first kappa shape index (κ1) is 17.0. The summed E-state index contributed by atoms with van der Waals surface area (Å²) in [5.41, 5.74) is 0.0214. The average Bonchev–Trinajstić information content (AvgIpc) is 2.37. The van der Waals surface area contributed by atoms with Crippen molar-refractivity contribution >= 4 is 11.9 Å². The van der Waals surface area contributed by atoms with Crippen LogP contribution in [0.5, 0.6) is 0 Å². The predicted octanol–water partition coefficient (Wildman–Crippen LogP) is 1.71. The van der Waals surface area contributed by atoms with E-state index in [2.05, 4.69) is 26.1 Å². The van der Waals surface area contributed by atoms with Gasteiger partial charge in [0, 0.05) is 31.1 Å². The number of hydrogen-bond acceptors (Lipinski definition) is 4. The SMILES string of the molecule is COC(=O)CC1CCCCN1C(=O)CCNC(C)(C)C. The van der Waals surface area contributed by atoms with E-state index < -0.39 is 0 Å². The number of likely N-dealkylation sites (tertiary alicyclic amines) is 1. The maximum absolute atomic E-state index is 12.3. The molecule has 0 radical (unpaired) electrons. The smallest absolute Gasteiger partial charge is 0.307 e. The normalized spacial score (nSPS) is 19.8.